The van der Waals surface area contributed by atoms with Crippen molar-refractivity contribution in [2.75, 3.05) is 38.8 Å². The first-order chi connectivity index (χ1) is 24.1. The zero-order valence-corrected chi connectivity index (χ0v) is 31.1. The highest BCUT2D eigenvalue weighted by atomic mass is 35.5. The number of amides is 2. The van der Waals surface area contributed by atoms with Crippen LogP contribution >= 0.6 is 23.2 Å². The fourth-order valence-electron chi connectivity index (χ4n) is 3.38. The molecule has 52 heavy (non-hydrogen) atoms. The summed E-state index contributed by atoms with van der Waals surface area (Å²) in [6.07, 6.45) is 4.46. The van der Waals surface area contributed by atoms with Gasteiger partial charge in [-0.1, -0.05) is 23.2 Å². The third-order valence-electron chi connectivity index (χ3n) is 5.71. The molecule has 8 N–H and O–H groups in total. The number of nitrogens with two attached hydrogens (primary N) is 2. The topological polar surface area (TPSA) is 286 Å². The van der Waals surface area contributed by atoms with Crippen molar-refractivity contribution in [3.63, 3.8) is 0 Å². The third-order valence-corrected chi connectivity index (χ3v) is 8.46. The van der Waals surface area contributed by atoms with Crippen LogP contribution in [0.15, 0.2) is 79.7 Å². The Balaban J connectivity index is 0.000000413. The van der Waals surface area contributed by atoms with Crippen molar-refractivity contribution in [3.05, 3.63) is 93.7 Å². The van der Waals surface area contributed by atoms with Crippen LogP contribution in [-0.4, -0.2) is 89.8 Å². The number of rotatable bonds is 12. The van der Waals surface area contributed by atoms with Gasteiger partial charge in [0.1, 0.15) is 21.3 Å². The van der Waals surface area contributed by atoms with E-state index in [2.05, 4.69) is 10.6 Å². The summed E-state index contributed by atoms with van der Waals surface area (Å²) in [7, 11) is -1.46. The van der Waals surface area contributed by atoms with E-state index in [1.807, 2.05) is 0 Å². The molecule has 0 saturated carbocycles. The lowest BCUT2D eigenvalue weighted by Gasteiger charge is -2.11. The average Bonchev–Trinajstić information content (AvgIpc) is 3.77. The van der Waals surface area contributed by atoms with E-state index >= 15 is 0 Å². The van der Waals surface area contributed by atoms with Gasteiger partial charge in [-0.15, -0.1) is 0 Å². The highest BCUT2D eigenvalue weighted by Gasteiger charge is 2.21. The van der Waals surface area contributed by atoms with Gasteiger partial charge in [-0.3, -0.25) is 9.59 Å². The smallest absolute Gasteiger partial charge is 0.337 e. The van der Waals surface area contributed by atoms with Crippen LogP contribution in [0.2, 0.25) is 10.0 Å². The van der Waals surface area contributed by atoms with Gasteiger partial charge < -0.3 is 39.5 Å². The molecule has 0 aliphatic heterocycles. The molecule has 2 heterocycles. The van der Waals surface area contributed by atoms with Crippen LogP contribution in [0.3, 0.4) is 0 Å². The van der Waals surface area contributed by atoms with E-state index in [0.29, 0.717) is 11.5 Å². The molecule has 18 nitrogen and oxygen atoms in total. The van der Waals surface area contributed by atoms with E-state index < -0.39 is 41.8 Å². The van der Waals surface area contributed by atoms with E-state index in [4.69, 9.17) is 52.5 Å². The van der Waals surface area contributed by atoms with Gasteiger partial charge >= 0.3 is 11.9 Å². The molecule has 2 amide bonds. The summed E-state index contributed by atoms with van der Waals surface area (Å²) in [6, 6.07) is 11.0. The average molecular weight is 808 g/mol. The summed E-state index contributed by atoms with van der Waals surface area (Å²) < 4.78 is 55.6. The Bertz CT molecular complexity index is 1880. The second-order valence-electron chi connectivity index (χ2n) is 10.4. The molecule has 0 aliphatic carbocycles. The maximum atomic E-state index is 11.3. The predicted octanol–water partition coefficient (Wildman–Crippen LogP) is 3.19. The van der Waals surface area contributed by atoms with Crippen molar-refractivity contribution in [2.24, 2.45) is 10.3 Å². The van der Waals surface area contributed by atoms with E-state index in [9.17, 15) is 36.0 Å². The number of primary sulfonamides is 2. The number of nitrogens with zero attached hydrogens (tertiary/aromatic N) is 2. The van der Waals surface area contributed by atoms with Gasteiger partial charge in [0, 0.05) is 28.2 Å². The first-order valence-corrected chi connectivity index (χ1v) is 17.9. The number of carbonyl (C=O) groups is 4. The summed E-state index contributed by atoms with van der Waals surface area (Å²) in [5.74, 6) is -1.45. The maximum Gasteiger partial charge on any atom is 0.337 e. The SMILES string of the molecule is CN(C)C=O.CN(C)C=O.NS(=O)(=O)c1cc(C(=O)O)c(NCc2ccco2)cc1Cl.NS(=O)(=O)c1cc(C(=O)O)c(NCc2ccco2)cc1Cl. The molecule has 2 aromatic heterocycles. The van der Waals surface area contributed by atoms with Crippen LogP contribution in [0.1, 0.15) is 32.2 Å². The van der Waals surface area contributed by atoms with Crippen LogP contribution in [0.25, 0.3) is 0 Å². The van der Waals surface area contributed by atoms with E-state index in [1.54, 1.807) is 52.5 Å². The van der Waals surface area contributed by atoms with Crippen LogP contribution in [-0.2, 0) is 42.7 Å². The normalized spacial score (nSPS) is 10.5. The Kier molecular flexibility index (Phi) is 17.8. The minimum absolute atomic E-state index is 0.163. The number of furan rings is 2. The van der Waals surface area contributed by atoms with E-state index in [0.717, 1.165) is 25.0 Å². The van der Waals surface area contributed by atoms with Gasteiger partial charge in [0.15, 0.2) is 0 Å². The highest BCUT2D eigenvalue weighted by Crippen LogP contribution is 2.30. The molecular formula is C30H36Cl2N6O12S2. The molecule has 0 radical (unpaired) electrons. The van der Waals surface area contributed by atoms with Gasteiger partial charge in [0.05, 0.1) is 58.2 Å². The molecule has 0 spiro atoms. The zero-order valence-electron chi connectivity index (χ0n) is 27.9. The van der Waals surface area contributed by atoms with Gasteiger partial charge in [-0.25, -0.2) is 36.7 Å². The van der Waals surface area contributed by atoms with Crippen molar-refractivity contribution >= 4 is 79.4 Å². The number of aromatic carboxylic acids is 2. The van der Waals surface area contributed by atoms with Crippen LogP contribution in [0, 0.1) is 0 Å². The monoisotopic (exact) mass is 806 g/mol. The molecule has 0 fully saturated rings. The molecule has 284 valence electrons. The van der Waals surface area contributed by atoms with Crippen molar-refractivity contribution in [2.45, 2.75) is 22.9 Å². The summed E-state index contributed by atoms with van der Waals surface area (Å²) in [4.78, 5) is 43.3. The number of carboxylic acid groups (broad SMARTS) is 2. The summed E-state index contributed by atoms with van der Waals surface area (Å²) >= 11 is 11.7. The standard InChI is InChI=1S/2C12H11ClN2O5S.2C3H7NO/c2*13-9-5-10(15-6-7-2-1-3-20-7)8(12(16)17)4-11(9)21(14,18)19;2*1-4(2)3-5/h2*1-5,15H,6H2,(H,16,17)(H2,14,18,19);2*3H,1-2H3. The number of anilines is 2. The van der Waals surface area contributed by atoms with Gasteiger partial charge in [-0.05, 0) is 48.5 Å². The van der Waals surface area contributed by atoms with Gasteiger partial charge in [-0.2, -0.15) is 0 Å². The number of hydrogen-bond donors (Lipinski definition) is 6. The molecule has 4 rings (SSSR count). The molecule has 4 aromatic rings. The highest BCUT2D eigenvalue weighted by molar-refractivity contribution is 7.89. The molecule has 22 heteroatoms. The molecular weight excluding hydrogens is 771 g/mol. The number of carbonyl (C=O) groups excluding carboxylic acids is 2. The Morgan fingerprint density at radius 2 is 1.02 bits per heavy atom. The van der Waals surface area contributed by atoms with Gasteiger partial charge in [0.2, 0.25) is 32.9 Å². The summed E-state index contributed by atoms with van der Waals surface area (Å²) in [5, 5.41) is 33.6. The Morgan fingerprint density at radius 1 is 0.712 bits per heavy atom. The number of halogens is 2. The molecule has 0 bridgehead atoms. The first kappa shape index (κ1) is 44.9. The first-order valence-electron chi connectivity index (χ1n) is 14.1. The van der Waals surface area contributed by atoms with Crippen molar-refractivity contribution < 1.29 is 55.1 Å². The second kappa shape index (κ2) is 20.7. The van der Waals surface area contributed by atoms with Crippen LogP contribution in [0.5, 0.6) is 0 Å². The fraction of sp³-hybridized carbons (Fsp3) is 0.200. The van der Waals surface area contributed by atoms with E-state index in [-0.39, 0.29) is 45.6 Å². The quantitative estimate of drug-likeness (QED) is 0.112. The molecule has 0 aliphatic rings. The maximum absolute atomic E-state index is 11.3. The lowest BCUT2D eigenvalue weighted by atomic mass is 10.1. The largest absolute Gasteiger partial charge is 0.478 e. The molecule has 0 unspecified atom stereocenters. The van der Waals surface area contributed by atoms with Crippen LogP contribution in [0.4, 0.5) is 11.4 Å². The number of hydrogen-bond acceptors (Lipinski definition) is 12. The van der Waals surface area contributed by atoms with Crippen molar-refractivity contribution in [3.8, 4) is 0 Å². The lowest BCUT2D eigenvalue weighted by molar-refractivity contribution is -0.116. The Morgan fingerprint density at radius 3 is 1.23 bits per heavy atom. The minimum atomic E-state index is -4.11. The van der Waals surface area contributed by atoms with Gasteiger partial charge in [0.25, 0.3) is 0 Å². The molecule has 0 atom stereocenters. The summed E-state index contributed by atoms with van der Waals surface area (Å²) in [6.45, 7) is 0.441. The number of sulfonamides is 2. The van der Waals surface area contributed by atoms with Crippen LogP contribution < -0.4 is 20.9 Å². The number of benzene rings is 2. The third kappa shape index (κ3) is 15.4. The van der Waals surface area contributed by atoms with Crippen molar-refractivity contribution in [1.82, 2.24) is 9.80 Å². The minimum Gasteiger partial charge on any atom is -0.478 e. The van der Waals surface area contributed by atoms with Crippen molar-refractivity contribution in [1.29, 1.82) is 0 Å². The lowest BCUT2D eigenvalue weighted by Crippen LogP contribution is -2.15. The zero-order chi connectivity index (χ0) is 39.8. The fourth-order valence-corrected chi connectivity index (χ4v) is 5.58. The summed E-state index contributed by atoms with van der Waals surface area (Å²) in [5.41, 5.74) is -0.183. The number of carboxylic acids is 2. The number of nitrogens with one attached hydrogen (secondary N) is 2. The molecule has 0 saturated heterocycles. The Labute approximate surface area is 309 Å². The predicted molar refractivity (Wildman–Crippen MR) is 191 cm³/mol. The molecule has 2 aromatic carbocycles. The van der Waals surface area contributed by atoms with E-state index in [1.165, 1.54) is 34.5 Å². The Hall–Kier alpha value is -5.12. The second-order valence-corrected chi connectivity index (χ2v) is 14.2.